The van der Waals surface area contributed by atoms with Gasteiger partial charge >= 0.3 is 6.09 Å². The van der Waals surface area contributed by atoms with Gasteiger partial charge in [0.2, 0.25) is 11.8 Å². The minimum Gasteiger partial charge on any atom is -0.453 e. The van der Waals surface area contributed by atoms with Crippen molar-refractivity contribution < 1.29 is 23.5 Å². The molecule has 4 heterocycles. The third-order valence-electron chi connectivity index (χ3n) is 8.91. The van der Waals surface area contributed by atoms with E-state index in [0.29, 0.717) is 43.5 Å². The molecule has 216 valence electrons. The van der Waals surface area contributed by atoms with Crippen LogP contribution in [-0.4, -0.2) is 68.0 Å². The van der Waals surface area contributed by atoms with Crippen LogP contribution in [0.1, 0.15) is 60.5 Å². The van der Waals surface area contributed by atoms with E-state index in [0.717, 1.165) is 18.5 Å². The van der Waals surface area contributed by atoms with Crippen LogP contribution in [0.2, 0.25) is 0 Å². The lowest BCUT2D eigenvalue weighted by Gasteiger charge is -2.46. The molecule has 11 heteroatoms. The van der Waals surface area contributed by atoms with E-state index < -0.39 is 24.2 Å². The summed E-state index contributed by atoms with van der Waals surface area (Å²) in [6.45, 7) is 7.00. The summed E-state index contributed by atoms with van der Waals surface area (Å²) >= 11 is 0. The van der Waals surface area contributed by atoms with Crippen molar-refractivity contribution in [1.82, 2.24) is 29.7 Å². The van der Waals surface area contributed by atoms with Gasteiger partial charge in [-0.05, 0) is 35.8 Å². The van der Waals surface area contributed by atoms with E-state index in [9.17, 15) is 14.4 Å². The molecule has 2 aromatic heterocycles. The summed E-state index contributed by atoms with van der Waals surface area (Å²) in [4.78, 5) is 53.6. The average molecular weight is 561 g/mol. The minimum absolute atomic E-state index is 0.0493. The van der Waals surface area contributed by atoms with E-state index in [1.54, 1.807) is 29.2 Å². The first kappa shape index (κ1) is 27.0. The first-order valence-electron chi connectivity index (χ1n) is 14.3. The summed E-state index contributed by atoms with van der Waals surface area (Å²) in [7, 11) is 1.37. The first-order valence-corrected chi connectivity index (χ1v) is 14.3. The molecule has 1 saturated heterocycles. The molecule has 3 aliphatic rings. The summed E-state index contributed by atoms with van der Waals surface area (Å²) in [5.41, 5.74) is 3.78. The minimum atomic E-state index is -0.741. The maximum Gasteiger partial charge on any atom is 0.409 e. The van der Waals surface area contributed by atoms with Crippen LogP contribution in [0.15, 0.2) is 41.1 Å². The summed E-state index contributed by atoms with van der Waals surface area (Å²) in [5.74, 6) is 0.607. The molecule has 4 atom stereocenters. The molecular weight excluding hydrogens is 524 g/mol. The van der Waals surface area contributed by atoms with E-state index in [1.165, 1.54) is 18.2 Å². The molecule has 1 fully saturated rings. The van der Waals surface area contributed by atoms with Crippen molar-refractivity contribution in [2.45, 2.75) is 71.2 Å². The highest BCUT2D eigenvalue weighted by Gasteiger charge is 2.51. The second-order valence-electron chi connectivity index (χ2n) is 11.3. The number of carbonyl (C=O) groups is 3. The zero-order valence-electron chi connectivity index (χ0n) is 23.9. The number of fused-ring (bicyclic) bond motifs is 2. The standard InChI is InChI=1S/C30H36N6O5/c1-5-17(2)25-28(37)33-24(21-12-19-8-6-7-9-20(19)13-21)29(38)36(25)26(23-16-41-18(3)32-23)27-31-14-22-15-34(30(39)40-4)10-11-35(22)27/h6-9,14,16-17,21,24-26H,5,10-13,15H2,1-4H3,(H,33,37)/t17-,24+,25+,26-/m0/s1. The van der Waals surface area contributed by atoms with E-state index in [2.05, 4.69) is 22.4 Å². The Morgan fingerprint density at radius 2 is 1.93 bits per heavy atom. The zero-order valence-corrected chi connectivity index (χ0v) is 23.9. The van der Waals surface area contributed by atoms with Gasteiger partial charge in [-0.3, -0.25) is 9.59 Å². The molecular formula is C30H36N6O5. The molecule has 1 aromatic carbocycles. The summed E-state index contributed by atoms with van der Waals surface area (Å²) < 4.78 is 12.6. The number of hydrogen-bond acceptors (Lipinski definition) is 7. The fourth-order valence-electron chi connectivity index (χ4n) is 6.63. The average Bonchev–Trinajstić information content (AvgIpc) is 3.72. The Morgan fingerprint density at radius 3 is 2.56 bits per heavy atom. The van der Waals surface area contributed by atoms with Crippen molar-refractivity contribution in [3.63, 3.8) is 0 Å². The maximum absolute atomic E-state index is 14.7. The van der Waals surface area contributed by atoms with Gasteiger partial charge in [0, 0.05) is 20.0 Å². The number of imidazole rings is 1. The lowest BCUT2D eigenvalue weighted by atomic mass is 9.86. The molecule has 0 radical (unpaired) electrons. The molecule has 1 aliphatic carbocycles. The van der Waals surface area contributed by atoms with Crippen LogP contribution in [0.3, 0.4) is 0 Å². The van der Waals surface area contributed by atoms with Crippen LogP contribution in [0.25, 0.3) is 0 Å². The Kier molecular flexibility index (Phi) is 7.04. The number of piperazine rings is 1. The van der Waals surface area contributed by atoms with Crippen LogP contribution in [0.5, 0.6) is 0 Å². The normalized spacial score (nSPS) is 22.2. The second-order valence-corrected chi connectivity index (χ2v) is 11.3. The number of nitrogens with zero attached hydrogens (tertiary/aromatic N) is 5. The molecule has 1 N–H and O–H groups in total. The molecule has 0 unspecified atom stereocenters. The van der Waals surface area contributed by atoms with Crippen LogP contribution in [0, 0.1) is 18.8 Å². The third kappa shape index (κ3) is 4.66. The molecule has 41 heavy (non-hydrogen) atoms. The predicted octanol–water partition coefficient (Wildman–Crippen LogP) is 3.01. The van der Waals surface area contributed by atoms with Gasteiger partial charge in [-0.25, -0.2) is 14.8 Å². The van der Waals surface area contributed by atoms with Crippen LogP contribution < -0.4 is 5.32 Å². The van der Waals surface area contributed by atoms with Crippen molar-refractivity contribution in [1.29, 1.82) is 0 Å². The Balaban J connectivity index is 1.43. The highest BCUT2D eigenvalue weighted by Crippen LogP contribution is 2.38. The van der Waals surface area contributed by atoms with Gasteiger partial charge < -0.3 is 28.8 Å². The summed E-state index contributed by atoms with van der Waals surface area (Å²) in [6, 6.07) is 6.10. The van der Waals surface area contributed by atoms with Gasteiger partial charge in [-0.1, -0.05) is 44.5 Å². The largest absolute Gasteiger partial charge is 0.453 e. The molecule has 2 aliphatic heterocycles. The summed E-state index contributed by atoms with van der Waals surface area (Å²) in [6.07, 6.45) is 5.04. The quantitative estimate of drug-likeness (QED) is 0.492. The number of ether oxygens (including phenoxy) is 1. The predicted molar refractivity (Wildman–Crippen MR) is 147 cm³/mol. The first-order chi connectivity index (χ1) is 19.8. The second kappa shape index (κ2) is 10.7. The number of methoxy groups -OCH3 is 1. The number of oxazole rings is 1. The number of aryl methyl sites for hydroxylation is 1. The van der Waals surface area contributed by atoms with Gasteiger partial charge in [0.15, 0.2) is 5.89 Å². The molecule has 3 aromatic rings. The molecule has 11 nitrogen and oxygen atoms in total. The Hall–Kier alpha value is -4.15. The van der Waals surface area contributed by atoms with Crippen molar-refractivity contribution in [3.8, 4) is 0 Å². The topological polar surface area (TPSA) is 123 Å². The van der Waals surface area contributed by atoms with Crippen LogP contribution in [0.4, 0.5) is 4.79 Å². The highest BCUT2D eigenvalue weighted by molar-refractivity contribution is 5.98. The van der Waals surface area contributed by atoms with E-state index in [1.807, 2.05) is 30.5 Å². The molecule has 6 rings (SSSR count). The Morgan fingerprint density at radius 1 is 1.20 bits per heavy atom. The summed E-state index contributed by atoms with van der Waals surface area (Å²) in [5, 5.41) is 3.12. The monoisotopic (exact) mass is 560 g/mol. The number of nitrogens with one attached hydrogen (secondary N) is 1. The molecule has 0 bridgehead atoms. The lowest BCUT2D eigenvalue weighted by molar-refractivity contribution is -0.155. The number of amides is 3. The lowest BCUT2D eigenvalue weighted by Crippen LogP contribution is -2.67. The number of benzene rings is 1. The number of aromatic nitrogens is 3. The van der Waals surface area contributed by atoms with Gasteiger partial charge in [0.05, 0.1) is 25.5 Å². The van der Waals surface area contributed by atoms with Crippen molar-refractivity contribution >= 4 is 17.9 Å². The van der Waals surface area contributed by atoms with Gasteiger partial charge in [-0.15, -0.1) is 0 Å². The smallest absolute Gasteiger partial charge is 0.409 e. The molecule has 0 spiro atoms. The molecule has 0 saturated carbocycles. The van der Waals surface area contributed by atoms with E-state index in [4.69, 9.17) is 14.1 Å². The van der Waals surface area contributed by atoms with Crippen molar-refractivity contribution in [2.75, 3.05) is 13.7 Å². The van der Waals surface area contributed by atoms with Gasteiger partial charge in [-0.2, -0.15) is 0 Å². The van der Waals surface area contributed by atoms with E-state index in [-0.39, 0.29) is 23.7 Å². The van der Waals surface area contributed by atoms with Crippen LogP contribution in [-0.2, 0) is 40.3 Å². The maximum atomic E-state index is 14.7. The van der Waals surface area contributed by atoms with Gasteiger partial charge in [0.1, 0.15) is 35.9 Å². The third-order valence-corrected chi connectivity index (χ3v) is 8.91. The highest BCUT2D eigenvalue weighted by atomic mass is 16.5. The number of carbonyl (C=O) groups excluding carboxylic acids is 3. The van der Waals surface area contributed by atoms with Crippen molar-refractivity contribution in [3.05, 3.63) is 71.0 Å². The SMILES string of the molecule is CC[C@H](C)[C@@H]1C(=O)N[C@H](C2Cc3ccccc3C2)C(=O)N1[C@@H](c1coc(C)n1)c1ncc2n1CCN(C(=O)OC)C2. The Labute approximate surface area is 238 Å². The molecule has 3 amide bonds. The zero-order chi connectivity index (χ0) is 28.8. The number of hydrogen-bond donors (Lipinski definition) is 1. The van der Waals surface area contributed by atoms with E-state index >= 15 is 0 Å². The van der Waals surface area contributed by atoms with Crippen molar-refractivity contribution in [2.24, 2.45) is 11.8 Å². The van der Waals surface area contributed by atoms with Crippen LogP contribution >= 0.6 is 0 Å². The van der Waals surface area contributed by atoms with Gasteiger partial charge in [0.25, 0.3) is 0 Å². The number of rotatable bonds is 6. The fourth-order valence-corrected chi connectivity index (χ4v) is 6.63. The Bertz CT molecular complexity index is 1450. The fraction of sp³-hybridized carbons (Fsp3) is 0.500.